The standard InChI is InChI=1S/C24H21NO3/c1-25-23(17-9-7-11-19(15-17)28-3)22(16-8-6-10-18(14-16)27-2)20-12-4-5-13-21(20)24(25)26/h4-15H,1-3H3. The van der Waals surface area contributed by atoms with Crippen LogP contribution in [0.4, 0.5) is 0 Å². The van der Waals surface area contributed by atoms with Gasteiger partial charge in [-0.25, -0.2) is 0 Å². The molecule has 4 aromatic rings. The Balaban J connectivity index is 2.16. The van der Waals surface area contributed by atoms with Crippen molar-refractivity contribution >= 4 is 10.8 Å². The summed E-state index contributed by atoms with van der Waals surface area (Å²) in [6, 6.07) is 23.4. The lowest BCUT2D eigenvalue weighted by Crippen LogP contribution is -2.19. The Kier molecular flexibility index (Phi) is 4.62. The van der Waals surface area contributed by atoms with E-state index in [0.717, 1.165) is 39.3 Å². The molecule has 0 unspecified atom stereocenters. The van der Waals surface area contributed by atoms with Gasteiger partial charge in [-0.2, -0.15) is 0 Å². The Morgan fingerprint density at radius 3 is 1.93 bits per heavy atom. The number of benzene rings is 3. The van der Waals surface area contributed by atoms with Gasteiger partial charge in [0.15, 0.2) is 0 Å². The van der Waals surface area contributed by atoms with Gasteiger partial charge in [-0.1, -0.05) is 42.5 Å². The molecule has 0 aliphatic heterocycles. The number of nitrogens with zero attached hydrogens (tertiary/aromatic N) is 1. The van der Waals surface area contributed by atoms with Crippen LogP contribution in [0.5, 0.6) is 11.5 Å². The summed E-state index contributed by atoms with van der Waals surface area (Å²) in [5.74, 6) is 1.52. The van der Waals surface area contributed by atoms with Crippen molar-refractivity contribution in [3.63, 3.8) is 0 Å². The first kappa shape index (κ1) is 17.9. The van der Waals surface area contributed by atoms with Gasteiger partial charge in [0.25, 0.3) is 5.56 Å². The molecule has 0 fully saturated rings. The highest BCUT2D eigenvalue weighted by Gasteiger charge is 2.18. The molecular weight excluding hydrogens is 350 g/mol. The van der Waals surface area contributed by atoms with Gasteiger partial charge in [0, 0.05) is 23.6 Å². The van der Waals surface area contributed by atoms with Crippen LogP contribution in [0, 0.1) is 0 Å². The number of hydrogen-bond acceptors (Lipinski definition) is 3. The highest BCUT2D eigenvalue weighted by atomic mass is 16.5. The average Bonchev–Trinajstić information content (AvgIpc) is 2.76. The first-order valence-electron chi connectivity index (χ1n) is 9.04. The van der Waals surface area contributed by atoms with Crippen LogP contribution in [-0.4, -0.2) is 18.8 Å². The third kappa shape index (κ3) is 2.93. The maximum Gasteiger partial charge on any atom is 0.258 e. The third-order valence-electron chi connectivity index (χ3n) is 5.01. The van der Waals surface area contributed by atoms with Crippen LogP contribution < -0.4 is 15.0 Å². The Morgan fingerprint density at radius 1 is 0.714 bits per heavy atom. The summed E-state index contributed by atoms with van der Waals surface area (Å²) in [5, 5.41) is 1.60. The number of methoxy groups -OCH3 is 2. The fraction of sp³-hybridized carbons (Fsp3) is 0.125. The SMILES string of the molecule is COc1cccc(-c2c(-c3cccc(OC)c3)n(C)c(=O)c3ccccc23)c1. The van der Waals surface area contributed by atoms with E-state index in [1.807, 2.05) is 79.8 Å². The van der Waals surface area contributed by atoms with E-state index in [1.54, 1.807) is 18.8 Å². The lowest BCUT2D eigenvalue weighted by atomic mass is 9.93. The van der Waals surface area contributed by atoms with Crippen LogP contribution in [-0.2, 0) is 7.05 Å². The molecule has 0 bridgehead atoms. The molecule has 0 aliphatic carbocycles. The van der Waals surface area contributed by atoms with E-state index in [-0.39, 0.29) is 5.56 Å². The zero-order chi connectivity index (χ0) is 19.7. The Hall–Kier alpha value is -3.53. The number of pyridine rings is 1. The largest absolute Gasteiger partial charge is 0.497 e. The fourth-order valence-electron chi connectivity index (χ4n) is 3.64. The van der Waals surface area contributed by atoms with Crippen molar-refractivity contribution in [3.8, 4) is 33.9 Å². The molecule has 0 spiro atoms. The highest BCUT2D eigenvalue weighted by molar-refractivity contribution is 6.02. The minimum absolute atomic E-state index is 0.0277. The molecule has 1 aromatic heterocycles. The van der Waals surface area contributed by atoms with E-state index in [1.165, 1.54) is 0 Å². The highest BCUT2D eigenvalue weighted by Crippen LogP contribution is 2.38. The second-order valence-corrected chi connectivity index (χ2v) is 6.60. The average molecular weight is 371 g/mol. The molecule has 0 amide bonds. The summed E-state index contributed by atoms with van der Waals surface area (Å²) in [6.07, 6.45) is 0. The molecule has 0 atom stereocenters. The quantitative estimate of drug-likeness (QED) is 0.513. The summed E-state index contributed by atoms with van der Waals surface area (Å²) in [5.41, 5.74) is 3.72. The van der Waals surface area contributed by atoms with Crippen molar-refractivity contribution in [1.29, 1.82) is 0 Å². The summed E-state index contributed by atoms with van der Waals surface area (Å²) in [6.45, 7) is 0. The Labute approximate surface area is 163 Å². The van der Waals surface area contributed by atoms with E-state index in [2.05, 4.69) is 0 Å². The van der Waals surface area contributed by atoms with E-state index >= 15 is 0 Å². The second-order valence-electron chi connectivity index (χ2n) is 6.60. The van der Waals surface area contributed by atoms with Crippen LogP contribution >= 0.6 is 0 Å². The van der Waals surface area contributed by atoms with Crippen molar-refractivity contribution in [1.82, 2.24) is 4.57 Å². The number of ether oxygens (including phenoxy) is 2. The monoisotopic (exact) mass is 371 g/mol. The molecule has 0 radical (unpaired) electrons. The normalized spacial score (nSPS) is 10.8. The molecule has 0 N–H and O–H groups in total. The lowest BCUT2D eigenvalue weighted by Gasteiger charge is -2.19. The van der Waals surface area contributed by atoms with Crippen LogP contribution in [0.3, 0.4) is 0 Å². The summed E-state index contributed by atoms with van der Waals surface area (Å²) >= 11 is 0. The zero-order valence-corrected chi connectivity index (χ0v) is 16.1. The minimum Gasteiger partial charge on any atom is -0.497 e. The van der Waals surface area contributed by atoms with Crippen LogP contribution in [0.25, 0.3) is 33.2 Å². The predicted molar refractivity (Wildman–Crippen MR) is 113 cm³/mol. The lowest BCUT2D eigenvalue weighted by molar-refractivity contribution is 0.415. The predicted octanol–water partition coefficient (Wildman–Crippen LogP) is 4.89. The van der Waals surface area contributed by atoms with Gasteiger partial charge in [-0.15, -0.1) is 0 Å². The molecule has 0 aliphatic rings. The molecule has 0 saturated heterocycles. The van der Waals surface area contributed by atoms with E-state index in [4.69, 9.17) is 9.47 Å². The topological polar surface area (TPSA) is 40.5 Å². The van der Waals surface area contributed by atoms with E-state index in [9.17, 15) is 4.79 Å². The van der Waals surface area contributed by atoms with Gasteiger partial charge in [0.2, 0.25) is 0 Å². The van der Waals surface area contributed by atoms with Crippen molar-refractivity contribution in [2.75, 3.05) is 14.2 Å². The molecule has 4 heteroatoms. The van der Waals surface area contributed by atoms with E-state index in [0.29, 0.717) is 5.39 Å². The number of hydrogen-bond donors (Lipinski definition) is 0. The van der Waals surface area contributed by atoms with Crippen molar-refractivity contribution in [3.05, 3.63) is 83.2 Å². The maximum atomic E-state index is 13.1. The number of rotatable bonds is 4. The van der Waals surface area contributed by atoms with Crippen LogP contribution in [0.2, 0.25) is 0 Å². The van der Waals surface area contributed by atoms with E-state index < -0.39 is 0 Å². The van der Waals surface area contributed by atoms with Gasteiger partial charge in [-0.05, 0) is 41.3 Å². The Morgan fingerprint density at radius 2 is 1.29 bits per heavy atom. The molecule has 28 heavy (non-hydrogen) atoms. The maximum absolute atomic E-state index is 13.1. The first-order chi connectivity index (χ1) is 13.6. The molecule has 140 valence electrons. The second kappa shape index (κ2) is 7.24. The number of fused-ring (bicyclic) bond motifs is 1. The van der Waals surface area contributed by atoms with Gasteiger partial charge in [-0.3, -0.25) is 4.79 Å². The third-order valence-corrected chi connectivity index (χ3v) is 5.01. The molecule has 4 nitrogen and oxygen atoms in total. The van der Waals surface area contributed by atoms with Crippen molar-refractivity contribution in [2.24, 2.45) is 7.05 Å². The van der Waals surface area contributed by atoms with Crippen molar-refractivity contribution < 1.29 is 9.47 Å². The van der Waals surface area contributed by atoms with Gasteiger partial charge >= 0.3 is 0 Å². The fourth-order valence-corrected chi connectivity index (χ4v) is 3.64. The smallest absolute Gasteiger partial charge is 0.258 e. The van der Waals surface area contributed by atoms with Gasteiger partial charge in [0.1, 0.15) is 11.5 Å². The summed E-state index contributed by atoms with van der Waals surface area (Å²) < 4.78 is 12.6. The van der Waals surface area contributed by atoms with Crippen LogP contribution in [0.1, 0.15) is 0 Å². The molecule has 4 rings (SSSR count). The molecule has 0 saturated carbocycles. The molecule has 1 heterocycles. The Bertz CT molecular complexity index is 1220. The van der Waals surface area contributed by atoms with Crippen molar-refractivity contribution in [2.45, 2.75) is 0 Å². The molecular formula is C24H21NO3. The van der Waals surface area contributed by atoms with Gasteiger partial charge in [0.05, 0.1) is 19.9 Å². The van der Waals surface area contributed by atoms with Gasteiger partial charge < -0.3 is 14.0 Å². The number of aromatic nitrogens is 1. The summed E-state index contributed by atoms with van der Waals surface area (Å²) in [7, 11) is 5.11. The summed E-state index contributed by atoms with van der Waals surface area (Å²) in [4.78, 5) is 13.1. The zero-order valence-electron chi connectivity index (χ0n) is 16.1. The molecule has 3 aromatic carbocycles. The first-order valence-corrected chi connectivity index (χ1v) is 9.04. The minimum atomic E-state index is -0.0277. The van der Waals surface area contributed by atoms with Crippen LogP contribution in [0.15, 0.2) is 77.6 Å².